The first-order chi connectivity index (χ1) is 19.0. The Labute approximate surface area is 236 Å². The molecule has 1 amide bonds. The van der Waals surface area contributed by atoms with E-state index in [1.165, 1.54) is 0 Å². The van der Waals surface area contributed by atoms with Crippen molar-refractivity contribution in [2.75, 3.05) is 12.0 Å². The van der Waals surface area contributed by atoms with E-state index >= 15 is 0 Å². The monoisotopic (exact) mass is 575 g/mol. The third kappa shape index (κ3) is 3.81. The summed E-state index contributed by atoms with van der Waals surface area (Å²) in [5.74, 6) is 0.213. The molecule has 5 aromatic rings. The van der Waals surface area contributed by atoms with Gasteiger partial charge >= 0.3 is 0 Å². The number of benzene rings is 5. The number of hydrogen-bond acceptors (Lipinski definition) is 3. The van der Waals surface area contributed by atoms with Gasteiger partial charge in [-0.1, -0.05) is 125 Å². The summed E-state index contributed by atoms with van der Waals surface area (Å²) >= 11 is 3.62. The topological polar surface area (TPSA) is 49.8 Å². The number of carbonyl (C=O) groups excluding carboxylic acids is 1. The number of rotatable bonds is 6. The number of halogens is 1. The fourth-order valence-corrected chi connectivity index (χ4v) is 6.10. The Morgan fingerprint density at radius 1 is 0.718 bits per heavy atom. The molecule has 0 aliphatic carbocycles. The SMILES string of the molecule is COc1ccc(C2(O)C(=O)N(C(c3ccccc3)(c3ccccc3)c3ccccc3)c3cc(Br)ccc32)cc1. The second kappa shape index (κ2) is 9.84. The first-order valence-electron chi connectivity index (χ1n) is 12.7. The van der Waals surface area contributed by atoms with Gasteiger partial charge in [-0.15, -0.1) is 0 Å². The summed E-state index contributed by atoms with van der Waals surface area (Å²) in [4.78, 5) is 16.7. The first kappa shape index (κ1) is 25.1. The highest BCUT2D eigenvalue weighted by Gasteiger charge is 2.58. The molecule has 1 N–H and O–H groups in total. The third-order valence-electron chi connectivity index (χ3n) is 7.52. The molecule has 0 fully saturated rings. The Hall–Kier alpha value is -4.19. The van der Waals surface area contributed by atoms with Gasteiger partial charge in [-0.05, 0) is 46.5 Å². The predicted molar refractivity (Wildman–Crippen MR) is 157 cm³/mol. The van der Waals surface area contributed by atoms with E-state index in [9.17, 15) is 9.90 Å². The average Bonchev–Trinajstić information content (AvgIpc) is 3.22. The average molecular weight is 576 g/mol. The van der Waals surface area contributed by atoms with Crippen LogP contribution in [0.15, 0.2) is 138 Å². The molecule has 192 valence electrons. The van der Waals surface area contributed by atoms with Gasteiger partial charge in [0, 0.05) is 10.0 Å². The molecule has 5 heteroatoms. The molecule has 6 rings (SSSR count). The summed E-state index contributed by atoms with van der Waals surface area (Å²) in [6.45, 7) is 0. The molecule has 4 nitrogen and oxygen atoms in total. The van der Waals surface area contributed by atoms with Crippen LogP contribution in [0.3, 0.4) is 0 Å². The van der Waals surface area contributed by atoms with Gasteiger partial charge in [0.15, 0.2) is 5.60 Å². The second-order valence-electron chi connectivity index (χ2n) is 9.55. The van der Waals surface area contributed by atoms with Crippen molar-refractivity contribution in [1.82, 2.24) is 0 Å². The molecule has 1 aliphatic heterocycles. The summed E-state index contributed by atoms with van der Waals surface area (Å²) in [5.41, 5.74) is 1.35. The Morgan fingerprint density at radius 3 is 1.67 bits per heavy atom. The Kier molecular flexibility index (Phi) is 6.34. The van der Waals surface area contributed by atoms with Crippen LogP contribution in [-0.2, 0) is 15.9 Å². The zero-order chi connectivity index (χ0) is 27.0. The largest absolute Gasteiger partial charge is 0.497 e. The number of ether oxygens (including phenoxy) is 1. The van der Waals surface area contributed by atoms with Gasteiger partial charge in [0.05, 0.1) is 12.8 Å². The maximum absolute atomic E-state index is 14.9. The van der Waals surface area contributed by atoms with Gasteiger partial charge in [0.1, 0.15) is 11.3 Å². The molecule has 1 aliphatic rings. The van der Waals surface area contributed by atoms with E-state index in [1.54, 1.807) is 36.3 Å². The Balaban J connectivity index is 1.72. The fourth-order valence-electron chi connectivity index (χ4n) is 5.75. The van der Waals surface area contributed by atoms with E-state index in [0.717, 1.165) is 21.2 Å². The molecule has 1 heterocycles. The van der Waals surface area contributed by atoms with E-state index in [-0.39, 0.29) is 0 Å². The number of aliphatic hydroxyl groups is 1. The summed E-state index contributed by atoms with van der Waals surface area (Å²) in [6.07, 6.45) is 0. The second-order valence-corrected chi connectivity index (χ2v) is 10.5. The molecule has 5 aromatic carbocycles. The standard InChI is InChI=1S/C34H26BrNO3/c1-39-29-20-17-27(18-21-29)34(38)30-22-19-28(35)23-31(30)36(32(34)37)33(24-11-5-2-6-12-24,25-13-7-3-8-14-25)26-15-9-4-10-16-26/h2-23,38H,1H3. The maximum atomic E-state index is 14.9. The smallest absolute Gasteiger partial charge is 0.269 e. The normalized spacial score (nSPS) is 16.7. The maximum Gasteiger partial charge on any atom is 0.269 e. The summed E-state index contributed by atoms with van der Waals surface area (Å²) in [5, 5.41) is 12.5. The minimum Gasteiger partial charge on any atom is -0.497 e. The molecule has 1 atom stereocenters. The van der Waals surface area contributed by atoms with Crippen molar-refractivity contribution in [3.8, 4) is 5.75 Å². The summed E-state index contributed by atoms with van der Waals surface area (Å²) in [7, 11) is 1.59. The van der Waals surface area contributed by atoms with Gasteiger partial charge < -0.3 is 9.84 Å². The van der Waals surface area contributed by atoms with E-state index in [4.69, 9.17) is 4.74 Å². The third-order valence-corrected chi connectivity index (χ3v) is 8.01. The summed E-state index contributed by atoms with van der Waals surface area (Å²) < 4.78 is 6.15. The highest BCUT2D eigenvalue weighted by Crippen LogP contribution is 2.54. The number of methoxy groups -OCH3 is 1. The molecule has 39 heavy (non-hydrogen) atoms. The van der Waals surface area contributed by atoms with Gasteiger partial charge in [-0.3, -0.25) is 9.69 Å². The van der Waals surface area contributed by atoms with E-state index in [0.29, 0.717) is 22.6 Å². The Morgan fingerprint density at radius 2 is 1.21 bits per heavy atom. The van der Waals surface area contributed by atoms with Crippen molar-refractivity contribution in [2.24, 2.45) is 0 Å². The van der Waals surface area contributed by atoms with Gasteiger partial charge in [-0.25, -0.2) is 0 Å². The fraction of sp³-hybridized carbons (Fsp3) is 0.0882. The quantitative estimate of drug-likeness (QED) is 0.221. The number of carbonyl (C=O) groups is 1. The molecule has 0 aromatic heterocycles. The predicted octanol–water partition coefficient (Wildman–Crippen LogP) is 7.03. The van der Waals surface area contributed by atoms with Crippen LogP contribution < -0.4 is 9.64 Å². The van der Waals surface area contributed by atoms with Crippen molar-refractivity contribution in [2.45, 2.75) is 11.1 Å². The van der Waals surface area contributed by atoms with Crippen LogP contribution in [0.2, 0.25) is 0 Å². The van der Waals surface area contributed by atoms with Gasteiger partial charge in [0.25, 0.3) is 5.91 Å². The van der Waals surface area contributed by atoms with Crippen molar-refractivity contribution < 1.29 is 14.6 Å². The molecular weight excluding hydrogens is 550 g/mol. The molecule has 0 saturated carbocycles. The Bertz CT molecular complexity index is 1530. The lowest BCUT2D eigenvalue weighted by atomic mass is 9.75. The van der Waals surface area contributed by atoms with Crippen LogP contribution >= 0.6 is 15.9 Å². The van der Waals surface area contributed by atoms with Crippen LogP contribution in [0.4, 0.5) is 5.69 Å². The zero-order valence-electron chi connectivity index (χ0n) is 21.3. The van der Waals surface area contributed by atoms with Gasteiger partial charge in [0.2, 0.25) is 0 Å². The highest BCUT2D eigenvalue weighted by atomic mass is 79.9. The van der Waals surface area contributed by atoms with E-state index < -0.39 is 17.0 Å². The van der Waals surface area contributed by atoms with Gasteiger partial charge in [-0.2, -0.15) is 0 Å². The molecular formula is C34H26BrNO3. The van der Waals surface area contributed by atoms with E-state index in [1.807, 2.05) is 109 Å². The number of amides is 1. The molecule has 1 unspecified atom stereocenters. The highest BCUT2D eigenvalue weighted by molar-refractivity contribution is 9.10. The van der Waals surface area contributed by atoms with Crippen LogP contribution in [-0.4, -0.2) is 18.1 Å². The zero-order valence-corrected chi connectivity index (χ0v) is 22.9. The summed E-state index contributed by atoms with van der Waals surface area (Å²) in [6, 6.07) is 42.6. The number of nitrogens with zero attached hydrogens (tertiary/aromatic N) is 1. The lowest BCUT2D eigenvalue weighted by molar-refractivity contribution is -0.133. The van der Waals surface area contributed by atoms with Crippen molar-refractivity contribution >= 4 is 27.5 Å². The van der Waals surface area contributed by atoms with Crippen molar-refractivity contribution in [1.29, 1.82) is 0 Å². The first-order valence-corrected chi connectivity index (χ1v) is 13.5. The minimum atomic E-state index is -1.91. The number of fused-ring (bicyclic) bond motifs is 1. The van der Waals surface area contributed by atoms with E-state index in [2.05, 4.69) is 15.9 Å². The molecule has 0 bridgehead atoms. The lowest BCUT2D eigenvalue weighted by Crippen LogP contribution is -2.53. The molecule has 0 radical (unpaired) electrons. The molecule has 0 spiro atoms. The van der Waals surface area contributed by atoms with Crippen molar-refractivity contribution in [3.63, 3.8) is 0 Å². The molecule has 0 saturated heterocycles. The number of anilines is 1. The minimum absolute atomic E-state index is 0.433. The van der Waals surface area contributed by atoms with Crippen LogP contribution in [0.1, 0.15) is 27.8 Å². The van der Waals surface area contributed by atoms with Crippen molar-refractivity contribution in [3.05, 3.63) is 166 Å². The lowest BCUT2D eigenvalue weighted by Gasteiger charge is -2.44. The number of hydrogen-bond donors (Lipinski definition) is 1. The van der Waals surface area contributed by atoms with Crippen LogP contribution in [0.5, 0.6) is 5.75 Å². The van der Waals surface area contributed by atoms with Crippen LogP contribution in [0, 0.1) is 0 Å². The van der Waals surface area contributed by atoms with Crippen LogP contribution in [0.25, 0.3) is 0 Å².